The molecule has 4 aliphatic carbocycles. The first-order chi connectivity index (χ1) is 22.8. The molecule has 1 unspecified atom stereocenters. The van der Waals surface area contributed by atoms with Crippen LogP contribution in [0.25, 0.3) is 10.8 Å². The molecule has 258 valence electrons. The molecular formula is C37H47N3O7S. The van der Waals surface area contributed by atoms with Crippen molar-refractivity contribution in [3.63, 3.8) is 0 Å². The number of sulfonamides is 1. The molecule has 10 nitrogen and oxygen atoms in total. The lowest BCUT2D eigenvalue weighted by Crippen LogP contribution is -2.63. The zero-order valence-corrected chi connectivity index (χ0v) is 29.2. The van der Waals surface area contributed by atoms with Crippen molar-refractivity contribution in [3.8, 4) is 0 Å². The molecule has 9 atom stereocenters. The number of ketones is 1. The van der Waals surface area contributed by atoms with Gasteiger partial charge in [-0.1, -0.05) is 63.1 Å². The van der Waals surface area contributed by atoms with Crippen molar-refractivity contribution in [2.75, 3.05) is 25.6 Å². The topological polar surface area (TPSA) is 138 Å². The summed E-state index contributed by atoms with van der Waals surface area (Å²) in [5, 5.41) is 27.9. The highest BCUT2D eigenvalue weighted by Gasteiger charge is 2.75. The number of Topliss-reactive ketones (excluding diaryl/α,β-unsaturated/α-hetero) is 1. The Bertz CT molecular complexity index is 1840. The van der Waals surface area contributed by atoms with Crippen molar-refractivity contribution >= 4 is 38.0 Å². The van der Waals surface area contributed by atoms with Gasteiger partial charge in [-0.3, -0.25) is 4.79 Å². The van der Waals surface area contributed by atoms with Gasteiger partial charge in [-0.2, -0.15) is 18.4 Å². The number of carbonyl (C=O) groups is 1. The quantitative estimate of drug-likeness (QED) is 0.342. The van der Waals surface area contributed by atoms with E-state index < -0.39 is 51.6 Å². The molecule has 3 saturated carbocycles. The van der Waals surface area contributed by atoms with Gasteiger partial charge in [0.25, 0.3) is 10.0 Å². The largest absolute Gasteiger partial charge is 0.393 e. The van der Waals surface area contributed by atoms with Crippen molar-refractivity contribution in [2.24, 2.45) is 33.7 Å². The fraction of sp³-hybridized carbons (Fsp3) is 0.568. The van der Waals surface area contributed by atoms with Gasteiger partial charge < -0.3 is 24.6 Å². The van der Waals surface area contributed by atoms with E-state index >= 15 is 0 Å². The van der Waals surface area contributed by atoms with Gasteiger partial charge in [0.15, 0.2) is 17.7 Å². The Kier molecular flexibility index (Phi) is 8.19. The van der Waals surface area contributed by atoms with Gasteiger partial charge >= 0.3 is 0 Å². The van der Waals surface area contributed by atoms with Crippen LogP contribution < -0.4 is 9.73 Å². The van der Waals surface area contributed by atoms with E-state index in [9.17, 15) is 23.4 Å². The molecule has 1 heterocycles. The van der Waals surface area contributed by atoms with Crippen LogP contribution in [0.3, 0.4) is 0 Å². The van der Waals surface area contributed by atoms with Crippen molar-refractivity contribution in [3.05, 3.63) is 60.2 Å². The van der Waals surface area contributed by atoms with Gasteiger partial charge in [0, 0.05) is 47.3 Å². The number of aliphatic hydroxyl groups excluding tert-OH is 2. The van der Waals surface area contributed by atoms with E-state index in [0.717, 1.165) is 35.9 Å². The average molecular weight is 678 g/mol. The summed E-state index contributed by atoms with van der Waals surface area (Å²) in [5.74, 6) is -0.298. The number of carbonyl (C=O) groups excluding carboxylic acids is 1. The Morgan fingerprint density at radius 2 is 1.90 bits per heavy atom. The van der Waals surface area contributed by atoms with Crippen molar-refractivity contribution in [1.82, 2.24) is 4.83 Å². The number of hydrogen-bond acceptors (Lipinski definition) is 9. The van der Waals surface area contributed by atoms with Crippen LogP contribution in [-0.2, 0) is 24.3 Å². The summed E-state index contributed by atoms with van der Waals surface area (Å²) in [6.45, 7) is 5.62. The van der Waals surface area contributed by atoms with Crippen LogP contribution in [0.2, 0.25) is 0 Å². The van der Waals surface area contributed by atoms with Crippen LogP contribution in [-0.4, -0.2) is 74.9 Å². The lowest BCUT2D eigenvalue weighted by molar-refractivity contribution is -0.200. The summed E-state index contributed by atoms with van der Waals surface area (Å²) in [6.07, 6.45) is 8.26. The summed E-state index contributed by atoms with van der Waals surface area (Å²) in [7, 11) is -0.127. The number of hydrazone groups is 1. The monoisotopic (exact) mass is 677 g/mol. The molecule has 1 aliphatic heterocycles. The Labute approximate surface area is 282 Å². The molecule has 4 fully saturated rings. The van der Waals surface area contributed by atoms with Crippen LogP contribution >= 0.6 is 0 Å². The molecule has 5 aliphatic rings. The van der Waals surface area contributed by atoms with E-state index in [1.54, 1.807) is 18.2 Å². The third-order valence-electron chi connectivity index (χ3n) is 12.3. The maximum Gasteiger partial charge on any atom is 0.277 e. The second kappa shape index (κ2) is 11.8. The van der Waals surface area contributed by atoms with E-state index in [0.29, 0.717) is 30.4 Å². The number of aliphatic hydroxyl groups is 2. The molecule has 7 rings (SSSR count). The first kappa shape index (κ1) is 33.4. The number of allylic oxidation sites excluding steroid dienone is 4. The third kappa shape index (κ3) is 4.75. The van der Waals surface area contributed by atoms with Crippen molar-refractivity contribution < 1.29 is 32.9 Å². The number of hydrogen-bond donors (Lipinski definition) is 3. The molecule has 3 N–H and O–H groups in total. The van der Waals surface area contributed by atoms with Gasteiger partial charge in [0.1, 0.15) is 6.61 Å². The number of nitrogens with one attached hydrogen (secondary N) is 1. The van der Waals surface area contributed by atoms with Gasteiger partial charge in [-0.05, 0) is 68.2 Å². The van der Waals surface area contributed by atoms with Gasteiger partial charge in [-0.25, -0.2) is 0 Å². The second-order valence-corrected chi connectivity index (χ2v) is 16.6. The van der Waals surface area contributed by atoms with Gasteiger partial charge in [-0.15, -0.1) is 0 Å². The zero-order valence-electron chi connectivity index (χ0n) is 28.3. The smallest absolute Gasteiger partial charge is 0.277 e. The number of rotatable bonds is 8. The van der Waals surface area contributed by atoms with Crippen LogP contribution in [0, 0.1) is 28.6 Å². The molecule has 1 saturated heterocycles. The Morgan fingerprint density at radius 1 is 1.15 bits per heavy atom. The predicted octanol–water partition coefficient (Wildman–Crippen LogP) is 4.70. The summed E-state index contributed by atoms with van der Waals surface area (Å²) in [6, 6.07) is 10.8. The first-order valence-corrected chi connectivity index (χ1v) is 18.6. The molecule has 0 spiro atoms. The number of nitrogens with zero attached hydrogens (tertiary/aromatic N) is 2. The van der Waals surface area contributed by atoms with Crippen LogP contribution in [0.4, 0.5) is 5.69 Å². The summed E-state index contributed by atoms with van der Waals surface area (Å²) >= 11 is 0. The first-order valence-electron chi connectivity index (χ1n) is 17.1. The molecule has 2 aromatic carbocycles. The Balaban J connectivity index is 1.15. The highest BCUT2D eigenvalue weighted by atomic mass is 32.2. The fourth-order valence-electron chi connectivity index (χ4n) is 10.3. The second-order valence-electron chi connectivity index (χ2n) is 15.0. The predicted molar refractivity (Wildman–Crippen MR) is 184 cm³/mol. The summed E-state index contributed by atoms with van der Waals surface area (Å²) < 4.78 is 40.0. The summed E-state index contributed by atoms with van der Waals surface area (Å²) in [4.78, 5) is 18.1. The highest BCUT2D eigenvalue weighted by Crippen LogP contribution is 2.69. The van der Waals surface area contributed by atoms with E-state index in [-0.39, 0.29) is 28.4 Å². The van der Waals surface area contributed by atoms with Crippen LogP contribution in [0.1, 0.15) is 59.3 Å². The maximum atomic E-state index is 13.5. The highest BCUT2D eigenvalue weighted by molar-refractivity contribution is 7.89. The molecule has 0 radical (unpaired) electrons. The Morgan fingerprint density at radius 3 is 2.62 bits per heavy atom. The molecule has 0 aromatic heterocycles. The minimum absolute atomic E-state index is 0.0660. The van der Waals surface area contributed by atoms with E-state index in [1.165, 1.54) is 0 Å². The van der Waals surface area contributed by atoms with Crippen LogP contribution in [0.5, 0.6) is 0 Å². The number of fused-ring (bicyclic) bond motifs is 8. The average Bonchev–Trinajstić information content (AvgIpc) is 3.54. The maximum absolute atomic E-state index is 13.5. The summed E-state index contributed by atoms with van der Waals surface area (Å²) in [5.41, 5.74) is 0.0943. The molecule has 11 heteroatoms. The lowest BCUT2D eigenvalue weighted by Gasteiger charge is -2.59. The van der Waals surface area contributed by atoms with Crippen molar-refractivity contribution in [1.29, 1.82) is 0 Å². The van der Waals surface area contributed by atoms with E-state index in [2.05, 4.69) is 29.9 Å². The SMILES string of the molecule is CCCC1O[C@@H]2C[C@H]3[C@@H]4CCC5=C/C(=N/NS(=O)(=O)c6cccc7c(N(C)C)cccc67)C=C[C@]5(C)[C@H]4[C@@H](O)C[C@]3(C)[C@]2(C(=O)CO)O1. The molecule has 2 aromatic rings. The zero-order chi connectivity index (χ0) is 34.2. The Hall–Kier alpha value is -3.09. The van der Waals surface area contributed by atoms with Crippen molar-refractivity contribution in [2.45, 2.75) is 88.3 Å². The minimum Gasteiger partial charge on any atom is -0.393 e. The number of benzene rings is 2. The standard InChI is InChI=1S/C37H47N3O7S/c1-6-9-33-46-32-19-27-26-15-14-22-18-23(38-39-48(44,45)30-13-8-10-24-25(30)11-7-12-28(24)40(4)5)16-17-35(22,2)34(26)29(42)20-36(27,3)37(32,47-33)31(43)21-41/h7-8,10-13,16-18,26-27,29,32-34,39,41-42H,6,9,14-15,19-21H2,1-5H3/b38-23+/t26-,27-,29-,32+,33?,34+,35-,36-,37+/m0/s1. The normalized spacial score (nSPS) is 37.8. The molecule has 0 bridgehead atoms. The minimum atomic E-state index is -3.98. The van der Waals surface area contributed by atoms with E-state index in [4.69, 9.17) is 9.47 Å². The van der Waals surface area contributed by atoms with Gasteiger partial charge in [0.2, 0.25) is 0 Å². The van der Waals surface area contributed by atoms with E-state index in [1.807, 2.05) is 56.3 Å². The number of anilines is 1. The number of ether oxygens (including phenoxy) is 2. The van der Waals surface area contributed by atoms with Crippen LogP contribution in [0.15, 0.2) is 70.2 Å². The lowest BCUT2D eigenvalue weighted by atomic mass is 9.46. The fourth-order valence-corrected chi connectivity index (χ4v) is 11.3. The molecule has 0 amide bonds. The van der Waals surface area contributed by atoms with Gasteiger partial charge in [0.05, 0.1) is 22.8 Å². The molecule has 48 heavy (non-hydrogen) atoms. The molecular weight excluding hydrogens is 630 g/mol. The third-order valence-corrected chi connectivity index (χ3v) is 13.6.